The molecule has 0 saturated carbocycles. The summed E-state index contributed by atoms with van der Waals surface area (Å²) in [6, 6.07) is 15.1. The summed E-state index contributed by atoms with van der Waals surface area (Å²) >= 11 is 4.56. The van der Waals surface area contributed by atoms with Crippen molar-refractivity contribution in [1.29, 1.82) is 0 Å². The van der Waals surface area contributed by atoms with Gasteiger partial charge in [0.05, 0.1) is 13.5 Å². The van der Waals surface area contributed by atoms with Crippen molar-refractivity contribution in [3.8, 4) is 17.1 Å². The van der Waals surface area contributed by atoms with E-state index in [4.69, 9.17) is 4.74 Å². The summed E-state index contributed by atoms with van der Waals surface area (Å²) in [6.45, 7) is 0. The van der Waals surface area contributed by atoms with E-state index >= 15 is 0 Å². The topological polar surface area (TPSA) is 64.1 Å². The number of methoxy groups -OCH3 is 1. The lowest BCUT2D eigenvalue weighted by Gasteiger charge is -2.03. The van der Waals surface area contributed by atoms with Crippen molar-refractivity contribution in [3.05, 3.63) is 58.6 Å². The van der Waals surface area contributed by atoms with Crippen molar-refractivity contribution >= 4 is 38.5 Å². The molecule has 0 aliphatic heterocycles. The molecule has 7 heteroatoms. The summed E-state index contributed by atoms with van der Waals surface area (Å²) in [7, 11) is 1.61. The number of hydrogen-bond donors (Lipinski definition) is 1. The number of halogens is 1. The van der Waals surface area contributed by atoms with Gasteiger partial charge in [-0.05, 0) is 29.8 Å². The van der Waals surface area contributed by atoms with Gasteiger partial charge in [-0.2, -0.15) is 9.36 Å². The Morgan fingerprint density at radius 3 is 2.54 bits per heavy atom. The molecule has 1 amide bonds. The number of carbonyl (C=O) groups excluding carboxylic acids is 1. The fourth-order valence-corrected chi connectivity index (χ4v) is 2.95. The molecule has 0 radical (unpaired) electrons. The zero-order valence-corrected chi connectivity index (χ0v) is 15.2. The number of nitrogens with one attached hydrogen (secondary N) is 1. The highest BCUT2D eigenvalue weighted by Crippen LogP contribution is 2.23. The first-order chi connectivity index (χ1) is 11.6. The largest absolute Gasteiger partial charge is 0.497 e. The Kier molecular flexibility index (Phi) is 5.22. The number of benzene rings is 2. The molecule has 3 rings (SSSR count). The monoisotopic (exact) mass is 403 g/mol. The van der Waals surface area contributed by atoms with Crippen molar-refractivity contribution in [1.82, 2.24) is 9.36 Å². The van der Waals surface area contributed by atoms with E-state index in [2.05, 4.69) is 30.6 Å². The molecule has 3 aromatic rings. The number of anilines is 1. The summed E-state index contributed by atoms with van der Waals surface area (Å²) in [5, 5.41) is 3.28. The highest BCUT2D eigenvalue weighted by molar-refractivity contribution is 9.10. The highest BCUT2D eigenvalue weighted by Gasteiger charge is 2.10. The molecule has 1 heterocycles. The lowest BCUT2D eigenvalue weighted by molar-refractivity contribution is -0.115. The maximum absolute atomic E-state index is 12.1. The van der Waals surface area contributed by atoms with Crippen molar-refractivity contribution in [2.24, 2.45) is 0 Å². The summed E-state index contributed by atoms with van der Waals surface area (Å²) < 4.78 is 10.4. The third-order valence-electron chi connectivity index (χ3n) is 3.30. The standard InChI is InChI=1S/C17H14BrN3O2S/c1-23-14-8-2-11(3-9-14)10-15(22)19-17-20-16(21-24-17)12-4-6-13(18)7-5-12/h2-9H,10H2,1H3,(H,19,20,21,22). The summed E-state index contributed by atoms with van der Waals surface area (Å²) in [5.41, 5.74) is 1.82. The highest BCUT2D eigenvalue weighted by atomic mass is 79.9. The van der Waals surface area contributed by atoms with E-state index in [1.54, 1.807) is 7.11 Å². The van der Waals surface area contributed by atoms with Crippen LogP contribution in [-0.2, 0) is 11.2 Å². The van der Waals surface area contributed by atoms with Crippen LogP contribution in [0.3, 0.4) is 0 Å². The number of carbonyl (C=O) groups is 1. The van der Waals surface area contributed by atoms with Gasteiger partial charge in [0.25, 0.3) is 0 Å². The number of amides is 1. The first kappa shape index (κ1) is 16.6. The van der Waals surface area contributed by atoms with E-state index in [-0.39, 0.29) is 12.3 Å². The average molecular weight is 404 g/mol. The third-order valence-corrected chi connectivity index (χ3v) is 4.46. The van der Waals surface area contributed by atoms with Crippen molar-refractivity contribution < 1.29 is 9.53 Å². The molecule has 1 N–H and O–H groups in total. The molecule has 24 heavy (non-hydrogen) atoms. The SMILES string of the molecule is COc1ccc(CC(=O)Nc2nc(-c3ccc(Br)cc3)ns2)cc1. The Morgan fingerprint density at radius 2 is 1.88 bits per heavy atom. The van der Waals surface area contributed by atoms with Crippen LogP contribution in [0.4, 0.5) is 5.13 Å². The Bertz CT molecular complexity index is 832. The minimum absolute atomic E-state index is 0.126. The molecule has 0 saturated heterocycles. The maximum atomic E-state index is 12.1. The number of hydrogen-bond acceptors (Lipinski definition) is 5. The van der Waals surface area contributed by atoms with Crippen molar-refractivity contribution in [2.45, 2.75) is 6.42 Å². The molecule has 0 spiro atoms. The van der Waals surface area contributed by atoms with Crippen LogP contribution in [0, 0.1) is 0 Å². The summed E-state index contributed by atoms with van der Waals surface area (Å²) in [4.78, 5) is 16.5. The van der Waals surface area contributed by atoms with Crippen LogP contribution >= 0.6 is 27.5 Å². The molecule has 5 nitrogen and oxygen atoms in total. The van der Waals surface area contributed by atoms with Crippen LogP contribution in [0.15, 0.2) is 53.0 Å². The number of aromatic nitrogens is 2. The lowest BCUT2D eigenvalue weighted by atomic mass is 10.1. The Morgan fingerprint density at radius 1 is 1.17 bits per heavy atom. The van der Waals surface area contributed by atoms with Gasteiger partial charge in [0.2, 0.25) is 11.0 Å². The van der Waals surface area contributed by atoms with E-state index < -0.39 is 0 Å². The predicted octanol–water partition coefficient (Wildman–Crippen LogP) is 4.16. The molecule has 0 atom stereocenters. The fraction of sp³-hybridized carbons (Fsp3) is 0.118. The first-order valence-corrected chi connectivity index (χ1v) is 8.73. The predicted molar refractivity (Wildman–Crippen MR) is 98.4 cm³/mol. The van der Waals surface area contributed by atoms with Gasteiger partial charge in [-0.1, -0.05) is 40.2 Å². The van der Waals surface area contributed by atoms with E-state index in [1.807, 2.05) is 48.5 Å². The minimum atomic E-state index is -0.126. The molecule has 0 aliphatic rings. The minimum Gasteiger partial charge on any atom is -0.497 e. The second kappa shape index (κ2) is 7.55. The van der Waals surface area contributed by atoms with Gasteiger partial charge in [0.1, 0.15) is 5.75 Å². The summed E-state index contributed by atoms with van der Waals surface area (Å²) in [6.07, 6.45) is 0.275. The van der Waals surface area contributed by atoms with Crippen LogP contribution in [0.2, 0.25) is 0 Å². The molecule has 0 fully saturated rings. The van der Waals surface area contributed by atoms with E-state index in [0.29, 0.717) is 11.0 Å². The Balaban J connectivity index is 1.63. The Hall–Kier alpha value is -2.25. The van der Waals surface area contributed by atoms with Crippen LogP contribution in [-0.4, -0.2) is 22.4 Å². The number of nitrogens with zero attached hydrogens (tertiary/aromatic N) is 2. The molecule has 0 bridgehead atoms. The normalized spacial score (nSPS) is 10.4. The van der Waals surface area contributed by atoms with Crippen LogP contribution in [0.25, 0.3) is 11.4 Å². The smallest absolute Gasteiger partial charge is 0.230 e. The number of ether oxygens (including phenoxy) is 1. The molecule has 122 valence electrons. The lowest BCUT2D eigenvalue weighted by Crippen LogP contribution is -2.14. The van der Waals surface area contributed by atoms with Gasteiger partial charge in [-0.25, -0.2) is 0 Å². The molecule has 1 aromatic heterocycles. The van der Waals surface area contributed by atoms with E-state index in [1.165, 1.54) is 11.5 Å². The van der Waals surface area contributed by atoms with E-state index in [0.717, 1.165) is 21.3 Å². The quantitative estimate of drug-likeness (QED) is 0.694. The van der Waals surface area contributed by atoms with Crippen LogP contribution in [0.5, 0.6) is 5.75 Å². The molecule has 2 aromatic carbocycles. The maximum Gasteiger partial charge on any atom is 0.230 e. The van der Waals surface area contributed by atoms with Crippen molar-refractivity contribution in [3.63, 3.8) is 0 Å². The molecule has 0 aliphatic carbocycles. The Labute approximate surface area is 152 Å². The van der Waals surface area contributed by atoms with Crippen molar-refractivity contribution in [2.75, 3.05) is 12.4 Å². The zero-order chi connectivity index (χ0) is 16.9. The second-order valence-corrected chi connectivity index (χ2v) is 6.67. The van der Waals surface area contributed by atoms with Gasteiger partial charge >= 0.3 is 0 Å². The van der Waals surface area contributed by atoms with Gasteiger partial charge < -0.3 is 10.1 Å². The summed E-state index contributed by atoms with van der Waals surface area (Å²) in [5.74, 6) is 1.24. The fourth-order valence-electron chi connectivity index (χ4n) is 2.08. The number of rotatable bonds is 5. The van der Waals surface area contributed by atoms with Gasteiger partial charge in [-0.15, -0.1) is 0 Å². The second-order valence-electron chi connectivity index (χ2n) is 5.00. The zero-order valence-electron chi connectivity index (χ0n) is 12.8. The van der Waals surface area contributed by atoms with Gasteiger partial charge in [0.15, 0.2) is 5.82 Å². The van der Waals surface area contributed by atoms with Crippen LogP contribution < -0.4 is 10.1 Å². The van der Waals surface area contributed by atoms with Gasteiger partial charge in [0, 0.05) is 21.6 Å². The first-order valence-electron chi connectivity index (χ1n) is 7.16. The van der Waals surface area contributed by atoms with Crippen LogP contribution in [0.1, 0.15) is 5.56 Å². The van der Waals surface area contributed by atoms with E-state index in [9.17, 15) is 4.79 Å². The average Bonchev–Trinajstić information content (AvgIpc) is 3.04. The molecular weight excluding hydrogens is 390 g/mol. The molecular formula is C17H14BrN3O2S. The van der Waals surface area contributed by atoms with Gasteiger partial charge in [-0.3, -0.25) is 4.79 Å². The molecule has 0 unspecified atom stereocenters. The third kappa shape index (κ3) is 4.18.